The molecule has 0 saturated heterocycles. The van der Waals surface area contributed by atoms with Crippen LogP contribution in [0.3, 0.4) is 0 Å². The lowest BCUT2D eigenvalue weighted by Gasteiger charge is -2.02. The van der Waals surface area contributed by atoms with Gasteiger partial charge in [-0.2, -0.15) is 0 Å². The van der Waals surface area contributed by atoms with Gasteiger partial charge in [-0.3, -0.25) is 4.79 Å². The monoisotopic (exact) mass is 175 g/mol. The second-order valence-corrected chi connectivity index (χ2v) is 2.68. The molecule has 0 bridgehead atoms. The highest BCUT2D eigenvalue weighted by atomic mass is 16.1. The Kier molecular flexibility index (Phi) is 1.73. The topological polar surface area (TPSA) is 57.8 Å². The summed E-state index contributed by atoms with van der Waals surface area (Å²) >= 11 is 0. The van der Waals surface area contributed by atoms with Gasteiger partial charge in [-0.25, -0.2) is 4.98 Å². The Hall–Kier alpha value is -1.84. The number of nitrogens with zero attached hydrogens (tertiary/aromatic N) is 1. The molecule has 1 aromatic carbocycles. The fraction of sp³-hybridized carbons (Fsp3) is 0.111. The van der Waals surface area contributed by atoms with E-state index < -0.39 is 0 Å². The lowest BCUT2D eigenvalue weighted by molar-refractivity contribution is 1.17. The Labute approximate surface area is 74.6 Å². The minimum absolute atomic E-state index is 0.116. The molecular weight excluding hydrogens is 166 g/mol. The Morgan fingerprint density at radius 3 is 3.08 bits per heavy atom. The van der Waals surface area contributed by atoms with Gasteiger partial charge in [0.05, 0.1) is 17.2 Å². The fourth-order valence-corrected chi connectivity index (χ4v) is 1.33. The molecule has 0 fully saturated rings. The first-order valence-corrected chi connectivity index (χ1v) is 3.97. The number of aromatic amines is 1. The van der Waals surface area contributed by atoms with Crippen molar-refractivity contribution in [3.05, 3.63) is 34.9 Å². The zero-order valence-corrected chi connectivity index (χ0v) is 7.16. The molecule has 0 spiro atoms. The number of hydrogen-bond donors (Lipinski definition) is 2. The van der Waals surface area contributed by atoms with Crippen LogP contribution >= 0.6 is 0 Å². The van der Waals surface area contributed by atoms with Crippen LogP contribution in [0.1, 0.15) is 0 Å². The van der Waals surface area contributed by atoms with Crippen LogP contribution in [0.5, 0.6) is 0 Å². The Morgan fingerprint density at radius 1 is 1.46 bits per heavy atom. The van der Waals surface area contributed by atoms with Gasteiger partial charge in [0, 0.05) is 12.7 Å². The predicted molar refractivity (Wildman–Crippen MR) is 51.9 cm³/mol. The number of benzene rings is 1. The number of rotatable bonds is 1. The number of nitrogens with one attached hydrogen (secondary N) is 2. The summed E-state index contributed by atoms with van der Waals surface area (Å²) in [5.74, 6) is 0. The van der Waals surface area contributed by atoms with Crippen molar-refractivity contribution >= 4 is 16.6 Å². The van der Waals surface area contributed by atoms with Crippen LogP contribution in [0, 0.1) is 0 Å². The van der Waals surface area contributed by atoms with Gasteiger partial charge in [0.25, 0.3) is 5.56 Å². The fourth-order valence-electron chi connectivity index (χ4n) is 1.33. The molecule has 0 atom stereocenters. The zero-order valence-electron chi connectivity index (χ0n) is 7.16. The molecule has 0 aliphatic carbocycles. The normalized spacial score (nSPS) is 10.2. The molecule has 13 heavy (non-hydrogen) atoms. The molecule has 1 aromatic heterocycles. The summed E-state index contributed by atoms with van der Waals surface area (Å²) < 4.78 is 0. The lowest BCUT2D eigenvalue weighted by Crippen LogP contribution is -2.08. The molecule has 0 radical (unpaired) electrons. The summed E-state index contributed by atoms with van der Waals surface area (Å²) in [7, 11) is 1.78. The molecule has 66 valence electrons. The van der Waals surface area contributed by atoms with E-state index in [1.54, 1.807) is 7.05 Å². The minimum atomic E-state index is -0.116. The molecule has 0 unspecified atom stereocenters. The summed E-state index contributed by atoms with van der Waals surface area (Å²) in [5.41, 5.74) is 1.39. The van der Waals surface area contributed by atoms with Crippen LogP contribution in [-0.4, -0.2) is 17.0 Å². The molecule has 2 aromatic rings. The first kappa shape index (κ1) is 7.79. The standard InChI is InChI=1S/C9H9N3O/c1-10-6-3-2-4-7-8(6)9(13)12-5-11-7/h2-5,10H,1H3,(H,11,12,13). The van der Waals surface area contributed by atoms with Crippen LogP contribution < -0.4 is 10.9 Å². The summed E-state index contributed by atoms with van der Waals surface area (Å²) in [6.07, 6.45) is 1.41. The Bertz CT molecular complexity index is 484. The summed E-state index contributed by atoms with van der Waals surface area (Å²) in [4.78, 5) is 18.0. The highest BCUT2D eigenvalue weighted by Crippen LogP contribution is 2.16. The van der Waals surface area contributed by atoms with Gasteiger partial charge in [0.1, 0.15) is 0 Å². The molecule has 2 rings (SSSR count). The summed E-state index contributed by atoms with van der Waals surface area (Å²) in [6, 6.07) is 5.52. The Balaban J connectivity index is 2.95. The van der Waals surface area contributed by atoms with E-state index in [9.17, 15) is 4.79 Å². The second-order valence-electron chi connectivity index (χ2n) is 2.68. The van der Waals surface area contributed by atoms with E-state index in [2.05, 4.69) is 15.3 Å². The van der Waals surface area contributed by atoms with Gasteiger partial charge in [-0.1, -0.05) is 6.07 Å². The number of anilines is 1. The van der Waals surface area contributed by atoms with Gasteiger partial charge in [0.15, 0.2) is 0 Å². The van der Waals surface area contributed by atoms with Gasteiger partial charge in [0.2, 0.25) is 0 Å². The highest BCUT2D eigenvalue weighted by molar-refractivity contribution is 5.90. The maximum Gasteiger partial charge on any atom is 0.260 e. The maximum atomic E-state index is 11.4. The smallest absolute Gasteiger partial charge is 0.260 e. The summed E-state index contributed by atoms with van der Waals surface area (Å²) in [6.45, 7) is 0. The zero-order chi connectivity index (χ0) is 9.26. The average Bonchev–Trinajstić information content (AvgIpc) is 2.17. The van der Waals surface area contributed by atoms with Crippen LogP contribution in [0.15, 0.2) is 29.3 Å². The molecule has 1 heterocycles. The van der Waals surface area contributed by atoms with Crippen molar-refractivity contribution in [1.82, 2.24) is 9.97 Å². The van der Waals surface area contributed by atoms with Crippen molar-refractivity contribution in [2.24, 2.45) is 0 Å². The maximum absolute atomic E-state index is 11.4. The SMILES string of the molecule is CNc1cccc2nc[nH]c(=O)c12. The van der Waals surface area contributed by atoms with Crippen molar-refractivity contribution in [2.45, 2.75) is 0 Å². The van der Waals surface area contributed by atoms with Gasteiger partial charge >= 0.3 is 0 Å². The third-order valence-electron chi connectivity index (χ3n) is 1.94. The van der Waals surface area contributed by atoms with Crippen molar-refractivity contribution in [2.75, 3.05) is 12.4 Å². The van der Waals surface area contributed by atoms with E-state index in [4.69, 9.17) is 0 Å². The van der Waals surface area contributed by atoms with E-state index in [0.717, 1.165) is 5.69 Å². The molecule has 0 aliphatic rings. The molecule has 4 heteroatoms. The van der Waals surface area contributed by atoms with Gasteiger partial charge < -0.3 is 10.3 Å². The predicted octanol–water partition coefficient (Wildman–Crippen LogP) is 0.965. The van der Waals surface area contributed by atoms with Crippen molar-refractivity contribution in [3.63, 3.8) is 0 Å². The quantitative estimate of drug-likeness (QED) is 0.678. The van der Waals surface area contributed by atoms with Crippen LogP contribution in [0.2, 0.25) is 0 Å². The largest absolute Gasteiger partial charge is 0.387 e. The minimum Gasteiger partial charge on any atom is -0.387 e. The molecular formula is C9H9N3O. The van der Waals surface area contributed by atoms with Crippen molar-refractivity contribution in [3.8, 4) is 0 Å². The highest BCUT2D eigenvalue weighted by Gasteiger charge is 2.02. The van der Waals surface area contributed by atoms with Crippen LogP contribution in [-0.2, 0) is 0 Å². The van der Waals surface area contributed by atoms with E-state index in [1.807, 2.05) is 18.2 Å². The van der Waals surface area contributed by atoms with E-state index in [0.29, 0.717) is 10.9 Å². The Morgan fingerprint density at radius 2 is 2.31 bits per heavy atom. The van der Waals surface area contributed by atoms with E-state index in [1.165, 1.54) is 6.33 Å². The third-order valence-corrected chi connectivity index (χ3v) is 1.94. The lowest BCUT2D eigenvalue weighted by atomic mass is 10.2. The van der Waals surface area contributed by atoms with Gasteiger partial charge in [-0.05, 0) is 12.1 Å². The number of fused-ring (bicyclic) bond motifs is 1. The average molecular weight is 175 g/mol. The molecule has 0 amide bonds. The third kappa shape index (κ3) is 1.16. The number of H-pyrrole nitrogens is 1. The second kappa shape index (κ2) is 2.90. The molecule has 0 aliphatic heterocycles. The summed E-state index contributed by atoms with van der Waals surface area (Å²) in [5, 5.41) is 3.55. The van der Waals surface area contributed by atoms with Crippen molar-refractivity contribution in [1.29, 1.82) is 0 Å². The molecule has 2 N–H and O–H groups in total. The van der Waals surface area contributed by atoms with Crippen LogP contribution in [0.25, 0.3) is 10.9 Å². The molecule has 0 saturated carbocycles. The number of aromatic nitrogens is 2. The first-order valence-electron chi connectivity index (χ1n) is 3.97. The van der Waals surface area contributed by atoms with Gasteiger partial charge in [-0.15, -0.1) is 0 Å². The molecule has 4 nitrogen and oxygen atoms in total. The van der Waals surface area contributed by atoms with E-state index >= 15 is 0 Å². The first-order chi connectivity index (χ1) is 6.33. The van der Waals surface area contributed by atoms with Crippen molar-refractivity contribution < 1.29 is 0 Å². The number of hydrogen-bond acceptors (Lipinski definition) is 3. The van der Waals surface area contributed by atoms with E-state index in [-0.39, 0.29) is 5.56 Å². The van der Waals surface area contributed by atoms with Crippen LogP contribution in [0.4, 0.5) is 5.69 Å².